The number of esters is 1. The van der Waals surface area contributed by atoms with Crippen LogP contribution in [0, 0.1) is 11.3 Å². The minimum absolute atomic E-state index is 0.123. The van der Waals surface area contributed by atoms with Gasteiger partial charge in [0.25, 0.3) is 5.91 Å². The number of ether oxygens (including phenoxy) is 4. The predicted octanol–water partition coefficient (Wildman–Crippen LogP) is 2.90. The summed E-state index contributed by atoms with van der Waals surface area (Å²) in [6.45, 7) is 1.54. The first-order valence-corrected chi connectivity index (χ1v) is 8.67. The number of carbonyl (C=O) groups excluding carboxylic acids is 2. The van der Waals surface area contributed by atoms with Gasteiger partial charge in [0.2, 0.25) is 6.79 Å². The molecule has 1 aliphatic rings. The normalized spacial score (nSPS) is 13.2. The van der Waals surface area contributed by atoms with Crippen LogP contribution in [0.1, 0.15) is 12.5 Å². The Morgan fingerprint density at radius 3 is 2.59 bits per heavy atom. The fourth-order valence-electron chi connectivity index (χ4n) is 2.50. The summed E-state index contributed by atoms with van der Waals surface area (Å²) in [7, 11) is 1.54. The topological polar surface area (TPSA) is 107 Å². The van der Waals surface area contributed by atoms with Gasteiger partial charge in [-0.25, -0.2) is 4.79 Å². The van der Waals surface area contributed by atoms with Gasteiger partial charge in [-0.1, -0.05) is 12.1 Å². The second-order valence-corrected chi connectivity index (χ2v) is 6.05. The smallest absolute Gasteiger partial charge is 0.349 e. The number of amides is 1. The molecule has 1 aliphatic heterocycles. The molecule has 0 saturated carbocycles. The van der Waals surface area contributed by atoms with Gasteiger partial charge in [0.1, 0.15) is 17.4 Å². The van der Waals surface area contributed by atoms with Crippen molar-refractivity contribution in [3.8, 4) is 23.3 Å². The summed E-state index contributed by atoms with van der Waals surface area (Å²) in [6.07, 6.45) is 0.269. The van der Waals surface area contributed by atoms with Gasteiger partial charge in [-0.05, 0) is 42.8 Å². The first-order chi connectivity index (χ1) is 14.0. The number of nitrogens with zero attached hydrogens (tertiary/aromatic N) is 1. The maximum atomic E-state index is 12.3. The van der Waals surface area contributed by atoms with E-state index < -0.39 is 18.0 Å². The molecule has 8 nitrogen and oxygen atoms in total. The van der Waals surface area contributed by atoms with Crippen molar-refractivity contribution in [3.63, 3.8) is 0 Å². The van der Waals surface area contributed by atoms with Gasteiger partial charge in [-0.15, -0.1) is 0 Å². The monoisotopic (exact) mass is 394 g/mol. The third kappa shape index (κ3) is 4.84. The molecule has 1 atom stereocenters. The van der Waals surface area contributed by atoms with Crippen LogP contribution >= 0.6 is 0 Å². The van der Waals surface area contributed by atoms with E-state index in [0.29, 0.717) is 28.5 Å². The van der Waals surface area contributed by atoms with Crippen molar-refractivity contribution in [1.29, 1.82) is 5.26 Å². The van der Waals surface area contributed by atoms with E-state index in [2.05, 4.69) is 5.32 Å². The van der Waals surface area contributed by atoms with E-state index in [1.165, 1.54) is 13.0 Å². The first kappa shape index (κ1) is 19.8. The van der Waals surface area contributed by atoms with Crippen LogP contribution in [0.15, 0.2) is 48.0 Å². The average Bonchev–Trinajstić information content (AvgIpc) is 3.20. The van der Waals surface area contributed by atoms with E-state index in [-0.39, 0.29) is 12.4 Å². The Bertz CT molecular complexity index is 991. The van der Waals surface area contributed by atoms with Crippen molar-refractivity contribution in [2.75, 3.05) is 19.2 Å². The highest BCUT2D eigenvalue weighted by atomic mass is 16.7. The summed E-state index contributed by atoms with van der Waals surface area (Å²) in [5, 5.41) is 11.9. The quantitative estimate of drug-likeness (QED) is 0.456. The molecule has 0 aliphatic carbocycles. The Labute approximate surface area is 167 Å². The third-order valence-electron chi connectivity index (χ3n) is 4.06. The predicted molar refractivity (Wildman–Crippen MR) is 103 cm³/mol. The lowest BCUT2D eigenvalue weighted by Gasteiger charge is -2.13. The number of nitrogens with one attached hydrogen (secondary N) is 1. The van der Waals surface area contributed by atoms with Crippen LogP contribution in [0.2, 0.25) is 0 Å². The van der Waals surface area contributed by atoms with Crippen molar-refractivity contribution in [1.82, 2.24) is 0 Å². The molecule has 1 heterocycles. The van der Waals surface area contributed by atoms with E-state index in [0.717, 1.165) is 0 Å². The van der Waals surface area contributed by atoms with Gasteiger partial charge < -0.3 is 24.3 Å². The Morgan fingerprint density at radius 2 is 1.90 bits per heavy atom. The zero-order valence-electron chi connectivity index (χ0n) is 15.8. The van der Waals surface area contributed by atoms with Crippen molar-refractivity contribution >= 4 is 23.6 Å². The molecule has 1 N–H and O–H groups in total. The molecule has 2 aromatic rings. The van der Waals surface area contributed by atoms with Crippen molar-refractivity contribution in [2.45, 2.75) is 13.0 Å². The number of anilines is 1. The molecule has 29 heavy (non-hydrogen) atoms. The van der Waals surface area contributed by atoms with E-state index in [1.54, 1.807) is 55.6 Å². The van der Waals surface area contributed by atoms with Crippen LogP contribution in [0.25, 0.3) is 6.08 Å². The largest absolute Gasteiger partial charge is 0.497 e. The molecule has 2 aromatic carbocycles. The van der Waals surface area contributed by atoms with Crippen molar-refractivity contribution in [2.24, 2.45) is 0 Å². The molecule has 0 bridgehead atoms. The standard InChI is InChI=1S/C21H18N2O6/c1-13(20(24)23-16-5-8-18-19(10-16)28-12-27-18)29-21(25)15(11-22)9-14-3-6-17(26-2)7-4-14/h3-10,13H,12H2,1-2H3,(H,23,24)/b15-9+/t13-/m0/s1. The summed E-state index contributed by atoms with van der Waals surface area (Å²) in [4.78, 5) is 24.6. The summed E-state index contributed by atoms with van der Waals surface area (Å²) < 4.78 is 20.7. The number of benzene rings is 2. The van der Waals surface area contributed by atoms with Crippen LogP contribution < -0.4 is 19.5 Å². The Balaban J connectivity index is 1.62. The van der Waals surface area contributed by atoms with E-state index >= 15 is 0 Å². The van der Waals surface area contributed by atoms with Gasteiger partial charge in [-0.2, -0.15) is 5.26 Å². The van der Waals surface area contributed by atoms with Gasteiger partial charge in [-0.3, -0.25) is 4.79 Å². The van der Waals surface area contributed by atoms with Crippen molar-refractivity contribution < 1.29 is 28.5 Å². The number of carbonyl (C=O) groups is 2. The number of methoxy groups -OCH3 is 1. The zero-order chi connectivity index (χ0) is 20.8. The van der Waals surface area contributed by atoms with E-state index in [1.807, 2.05) is 0 Å². The SMILES string of the molecule is COc1ccc(/C=C(\C#N)C(=O)O[C@@H](C)C(=O)Nc2ccc3c(c2)OCO3)cc1. The average molecular weight is 394 g/mol. The first-order valence-electron chi connectivity index (χ1n) is 8.67. The Morgan fingerprint density at radius 1 is 1.17 bits per heavy atom. The highest BCUT2D eigenvalue weighted by molar-refractivity contribution is 6.01. The van der Waals surface area contributed by atoms with Crippen LogP contribution in [-0.2, 0) is 14.3 Å². The molecule has 1 amide bonds. The van der Waals surface area contributed by atoms with Gasteiger partial charge in [0, 0.05) is 11.8 Å². The van der Waals surface area contributed by atoms with Gasteiger partial charge in [0.15, 0.2) is 17.6 Å². The lowest BCUT2D eigenvalue weighted by Crippen LogP contribution is -2.30. The van der Waals surface area contributed by atoms with E-state index in [9.17, 15) is 14.9 Å². The maximum Gasteiger partial charge on any atom is 0.349 e. The number of rotatable bonds is 6. The molecule has 0 unspecified atom stereocenters. The number of nitriles is 1. The molecule has 148 valence electrons. The highest BCUT2D eigenvalue weighted by Gasteiger charge is 2.22. The fourth-order valence-corrected chi connectivity index (χ4v) is 2.50. The molecule has 0 saturated heterocycles. The molecule has 0 radical (unpaired) electrons. The minimum Gasteiger partial charge on any atom is -0.497 e. The van der Waals surface area contributed by atoms with Crippen LogP contribution in [0.4, 0.5) is 5.69 Å². The maximum absolute atomic E-state index is 12.3. The minimum atomic E-state index is -1.11. The Hall–Kier alpha value is -3.99. The Kier molecular flexibility index (Phi) is 6.00. The molecular formula is C21H18N2O6. The number of hydrogen-bond donors (Lipinski definition) is 1. The van der Waals surface area contributed by atoms with Crippen LogP contribution in [0.5, 0.6) is 17.2 Å². The highest BCUT2D eigenvalue weighted by Crippen LogP contribution is 2.34. The molecule has 3 rings (SSSR count). The summed E-state index contributed by atoms with van der Waals surface area (Å²) in [6, 6.07) is 13.5. The zero-order valence-corrected chi connectivity index (χ0v) is 15.8. The second kappa shape index (κ2) is 8.80. The molecular weight excluding hydrogens is 376 g/mol. The summed E-state index contributed by atoms with van der Waals surface area (Å²) >= 11 is 0. The number of hydrogen-bond acceptors (Lipinski definition) is 7. The molecule has 0 fully saturated rings. The van der Waals surface area contributed by atoms with Crippen molar-refractivity contribution in [3.05, 3.63) is 53.6 Å². The lowest BCUT2D eigenvalue weighted by molar-refractivity contribution is -0.148. The molecule has 0 spiro atoms. The van der Waals surface area contributed by atoms with Crippen LogP contribution in [-0.4, -0.2) is 31.9 Å². The van der Waals surface area contributed by atoms with Gasteiger partial charge >= 0.3 is 5.97 Å². The summed E-state index contributed by atoms with van der Waals surface area (Å²) in [5.74, 6) is 0.319. The van der Waals surface area contributed by atoms with Crippen LogP contribution in [0.3, 0.4) is 0 Å². The lowest BCUT2D eigenvalue weighted by atomic mass is 10.1. The van der Waals surface area contributed by atoms with E-state index in [4.69, 9.17) is 18.9 Å². The molecule has 0 aromatic heterocycles. The molecule has 8 heteroatoms. The second-order valence-electron chi connectivity index (χ2n) is 6.05. The third-order valence-corrected chi connectivity index (χ3v) is 4.06. The fraction of sp³-hybridized carbons (Fsp3) is 0.190. The van der Waals surface area contributed by atoms with Gasteiger partial charge in [0.05, 0.1) is 7.11 Å². The number of fused-ring (bicyclic) bond motifs is 1. The summed E-state index contributed by atoms with van der Waals surface area (Å²) in [5.41, 5.74) is 0.867.